The highest BCUT2D eigenvalue weighted by molar-refractivity contribution is 4.87. The van der Waals surface area contributed by atoms with Gasteiger partial charge in [0, 0.05) is 5.41 Å². The van der Waals surface area contributed by atoms with Crippen LogP contribution in [0.3, 0.4) is 0 Å². The second-order valence-electron chi connectivity index (χ2n) is 3.78. The highest BCUT2D eigenvalue weighted by Crippen LogP contribution is 2.43. The average molecular weight is 158 g/mol. The van der Waals surface area contributed by atoms with Gasteiger partial charge in [0.05, 0.1) is 0 Å². The van der Waals surface area contributed by atoms with Crippen molar-refractivity contribution in [3.8, 4) is 0 Å². The van der Waals surface area contributed by atoms with E-state index in [4.69, 9.17) is 0 Å². The maximum atomic E-state index is 13.5. The lowest BCUT2D eigenvalue weighted by atomic mass is 9.69. The molecule has 66 valence electrons. The number of rotatable bonds is 2. The van der Waals surface area contributed by atoms with Gasteiger partial charge in [-0.25, -0.2) is 4.39 Å². The van der Waals surface area contributed by atoms with E-state index in [0.29, 0.717) is 0 Å². The number of halogens is 1. The first-order valence-corrected chi connectivity index (χ1v) is 4.89. The predicted octanol–water partition coefficient (Wildman–Crippen LogP) is 3.70. The molecule has 1 heteroatoms. The van der Waals surface area contributed by atoms with Crippen LogP contribution in [-0.2, 0) is 0 Å². The minimum atomic E-state index is -0.522. The van der Waals surface area contributed by atoms with Gasteiger partial charge in [0.25, 0.3) is 0 Å². The van der Waals surface area contributed by atoms with Crippen LogP contribution in [-0.4, -0.2) is 6.17 Å². The Hall–Kier alpha value is -0.0700. The molecule has 0 aromatic carbocycles. The Balaban J connectivity index is 2.61. The molecule has 1 aliphatic carbocycles. The molecule has 1 unspecified atom stereocenters. The first kappa shape index (κ1) is 9.02. The standard InChI is InChI=1S/C10H19F/c1-3-10(4-2)8-6-5-7-9(10)11/h9H,3-8H2,1-2H3. The third-order valence-electron chi connectivity index (χ3n) is 3.45. The van der Waals surface area contributed by atoms with Crippen LogP contribution in [0.25, 0.3) is 0 Å². The van der Waals surface area contributed by atoms with Gasteiger partial charge in [-0.1, -0.05) is 26.7 Å². The lowest BCUT2D eigenvalue weighted by molar-refractivity contribution is 0.0471. The third-order valence-corrected chi connectivity index (χ3v) is 3.45. The predicted molar refractivity (Wildman–Crippen MR) is 46.4 cm³/mol. The molecule has 1 rings (SSSR count). The lowest BCUT2D eigenvalue weighted by Crippen LogP contribution is -2.34. The molecule has 1 atom stereocenters. The quantitative estimate of drug-likeness (QED) is 0.574. The molecule has 0 bridgehead atoms. The van der Waals surface area contributed by atoms with Crippen molar-refractivity contribution in [2.45, 2.75) is 58.5 Å². The minimum absolute atomic E-state index is 0.0538. The van der Waals surface area contributed by atoms with Gasteiger partial charge < -0.3 is 0 Å². The third kappa shape index (κ3) is 1.57. The SMILES string of the molecule is CCC1(CC)CCCCC1F. The van der Waals surface area contributed by atoms with Crippen LogP contribution < -0.4 is 0 Å². The van der Waals surface area contributed by atoms with Crippen LogP contribution in [0.1, 0.15) is 52.4 Å². The molecule has 0 aliphatic heterocycles. The van der Waals surface area contributed by atoms with E-state index in [2.05, 4.69) is 13.8 Å². The molecule has 0 nitrogen and oxygen atoms in total. The minimum Gasteiger partial charge on any atom is -0.247 e. The summed E-state index contributed by atoms with van der Waals surface area (Å²) in [6, 6.07) is 0. The van der Waals surface area contributed by atoms with Gasteiger partial charge in [0.15, 0.2) is 0 Å². The second kappa shape index (κ2) is 3.55. The number of hydrogen-bond acceptors (Lipinski definition) is 0. The van der Waals surface area contributed by atoms with E-state index >= 15 is 0 Å². The first-order chi connectivity index (χ1) is 5.25. The topological polar surface area (TPSA) is 0 Å². The largest absolute Gasteiger partial charge is 0.247 e. The first-order valence-electron chi connectivity index (χ1n) is 4.89. The van der Waals surface area contributed by atoms with Crippen LogP contribution in [0, 0.1) is 5.41 Å². The van der Waals surface area contributed by atoms with Crippen LogP contribution in [0.5, 0.6) is 0 Å². The average Bonchev–Trinajstić information content (AvgIpc) is 2.06. The molecule has 0 aromatic heterocycles. The molecule has 1 fully saturated rings. The summed E-state index contributed by atoms with van der Waals surface area (Å²) in [5, 5.41) is 0. The molecule has 0 aromatic rings. The van der Waals surface area contributed by atoms with E-state index in [0.717, 1.165) is 32.1 Å². The number of hydrogen-bond donors (Lipinski definition) is 0. The molecule has 0 heterocycles. The van der Waals surface area contributed by atoms with Crippen LogP contribution in [0.2, 0.25) is 0 Å². The molecule has 0 spiro atoms. The van der Waals surface area contributed by atoms with Crippen LogP contribution in [0.4, 0.5) is 4.39 Å². The summed E-state index contributed by atoms with van der Waals surface area (Å²) in [6.07, 6.45) is 5.77. The van der Waals surface area contributed by atoms with Crippen molar-refractivity contribution in [1.29, 1.82) is 0 Å². The van der Waals surface area contributed by atoms with Gasteiger partial charge in [-0.15, -0.1) is 0 Å². The van der Waals surface area contributed by atoms with Crippen LogP contribution in [0.15, 0.2) is 0 Å². The van der Waals surface area contributed by atoms with Crippen molar-refractivity contribution in [1.82, 2.24) is 0 Å². The Kier molecular flexibility index (Phi) is 2.91. The number of alkyl halides is 1. The smallest absolute Gasteiger partial charge is 0.106 e. The van der Waals surface area contributed by atoms with E-state index in [-0.39, 0.29) is 5.41 Å². The molecule has 1 aliphatic rings. The second-order valence-corrected chi connectivity index (χ2v) is 3.78. The molecule has 11 heavy (non-hydrogen) atoms. The van der Waals surface area contributed by atoms with Gasteiger partial charge in [-0.05, 0) is 25.7 Å². The van der Waals surface area contributed by atoms with Crippen molar-refractivity contribution in [3.63, 3.8) is 0 Å². The van der Waals surface area contributed by atoms with Crippen molar-refractivity contribution < 1.29 is 4.39 Å². The Morgan fingerprint density at radius 2 is 1.91 bits per heavy atom. The maximum absolute atomic E-state index is 13.5. The summed E-state index contributed by atoms with van der Waals surface area (Å²) in [4.78, 5) is 0. The van der Waals surface area contributed by atoms with Crippen molar-refractivity contribution in [2.24, 2.45) is 5.41 Å². The van der Waals surface area contributed by atoms with Gasteiger partial charge >= 0.3 is 0 Å². The molecular formula is C10H19F. The van der Waals surface area contributed by atoms with Crippen molar-refractivity contribution >= 4 is 0 Å². The lowest BCUT2D eigenvalue weighted by Gasteiger charge is -2.38. The van der Waals surface area contributed by atoms with Gasteiger partial charge in [-0.3, -0.25) is 0 Å². The van der Waals surface area contributed by atoms with Gasteiger partial charge in [0.1, 0.15) is 6.17 Å². The Morgan fingerprint density at radius 1 is 1.27 bits per heavy atom. The Bertz CT molecular complexity index is 116. The van der Waals surface area contributed by atoms with E-state index in [1.54, 1.807) is 0 Å². The zero-order chi connectivity index (χ0) is 8.32. The van der Waals surface area contributed by atoms with Crippen molar-refractivity contribution in [3.05, 3.63) is 0 Å². The fourth-order valence-electron chi connectivity index (χ4n) is 2.31. The Morgan fingerprint density at radius 3 is 2.27 bits per heavy atom. The van der Waals surface area contributed by atoms with Crippen LogP contribution >= 0.6 is 0 Å². The molecule has 0 radical (unpaired) electrons. The van der Waals surface area contributed by atoms with Gasteiger partial charge in [-0.2, -0.15) is 0 Å². The molecule has 0 N–H and O–H groups in total. The van der Waals surface area contributed by atoms with E-state index in [9.17, 15) is 4.39 Å². The molecule has 0 amide bonds. The molecule has 0 saturated heterocycles. The highest BCUT2D eigenvalue weighted by atomic mass is 19.1. The van der Waals surface area contributed by atoms with E-state index < -0.39 is 6.17 Å². The fourth-order valence-corrected chi connectivity index (χ4v) is 2.31. The van der Waals surface area contributed by atoms with Gasteiger partial charge in [0.2, 0.25) is 0 Å². The monoisotopic (exact) mass is 158 g/mol. The van der Waals surface area contributed by atoms with E-state index in [1.165, 1.54) is 6.42 Å². The summed E-state index contributed by atoms with van der Waals surface area (Å²) >= 11 is 0. The zero-order valence-electron chi connectivity index (χ0n) is 7.70. The Labute approximate surface area is 69.2 Å². The molecular weight excluding hydrogens is 139 g/mol. The fraction of sp³-hybridized carbons (Fsp3) is 1.00. The zero-order valence-corrected chi connectivity index (χ0v) is 7.70. The van der Waals surface area contributed by atoms with Crippen molar-refractivity contribution in [2.75, 3.05) is 0 Å². The molecule has 1 saturated carbocycles. The summed E-state index contributed by atoms with van der Waals surface area (Å²) < 4.78 is 13.5. The summed E-state index contributed by atoms with van der Waals surface area (Å²) in [6.45, 7) is 4.25. The normalized spacial score (nSPS) is 30.3. The highest BCUT2D eigenvalue weighted by Gasteiger charge is 2.37. The summed E-state index contributed by atoms with van der Waals surface area (Å²) in [7, 11) is 0. The summed E-state index contributed by atoms with van der Waals surface area (Å²) in [5.41, 5.74) is 0.0538. The summed E-state index contributed by atoms with van der Waals surface area (Å²) in [5.74, 6) is 0. The van der Waals surface area contributed by atoms with E-state index in [1.807, 2.05) is 0 Å². The maximum Gasteiger partial charge on any atom is 0.106 e.